The molecule has 132 valence electrons. The van der Waals surface area contributed by atoms with E-state index in [1.165, 1.54) is 38.9 Å². The Balaban J connectivity index is 1.72. The number of allylic oxidation sites excluding steroid dienone is 1. The van der Waals surface area contributed by atoms with Gasteiger partial charge in [0, 0.05) is 49.2 Å². The lowest BCUT2D eigenvalue weighted by Gasteiger charge is -2.23. The van der Waals surface area contributed by atoms with Crippen LogP contribution in [0.25, 0.3) is 22.7 Å². The van der Waals surface area contributed by atoms with Crippen molar-refractivity contribution in [3.8, 4) is 0 Å². The summed E-state index contributed by atoms with van der Waals surface area (Å²) in [6.45, 7) is 1.58. The zero-order valence-electron chi connectivity index (χ0n) is 15.0. The maximum Gasteiger partial charge on any atom is 0.115 e. The molecule has 0 spiro atoms. The average Bonchev–Trinajstić information content (AvgIpc) is 3.21. The summed E-state index contributed by atoms with van der Waals surface area (Å²) in [6.07, 6.45) is 9.32. The van der Waals surface area contributed by atoms with Crippen LogP contribution in [0.15, 0.2) is 36.7 Å². The van der Waals surface area contributed by atoms with Gasteiger partial charge in [-0.1, -0.05) is 6.07 Å². The minimum atomic E-state index is -0.410. The van der Waals surface area contributed by atoms with Crippen LogP contribution < -0.4 is 0 Å². The van der Waals surface area contributed by atoms with E-state index in [1.54, 1.807) is 0 Å². The van der Waals surface area contributed by atoms with Crippen molar-refractivity contribution in [2.75, 3.05) is 13.6 Å². The maximum absolute atomic E-state index is 13.2. The van der Waals surface area contributed by atoms with Crippen LogP contribution in [0.5, 0.6) is 0 Å². The molecule has 0 fully saturated rings. The Bertz CT molecular complexity index is 1030. The molecule has 4 heteroatoms. The predicted molar refractivity (Wildman–Crippen MR) is 104 cm³/mol. The predicted octanol–water partition coefficient (Wildman–Crippen LogP) is 4.44. The number of hydrogen-bond donors (Lipinski definition) is 0. The second-order valence-corrected chi connectivity index (χ2v) is 7.46. The van der Waals surface area contributed by atoms with Gasteiger partial charge in [-0.25, -0.2) is 4.39 Å². The van der Waals surface area contributed by atoms with Gasteiger partial charge in [0.25, 0.3) is 0 Å². The van der Waals surface area contributed by atoms with E-state index in [9.17, 15) is 4.39 Å². The van der Waals surface area contributed by atoms with Gasteiger partial charge in [-0.05, 0) is 65.9 Å². The van der Waals surface area contributed by atoms with E-state index in [-0.39, 0.29) is 0 Å². The first kappa shape index (κ1) is 15.8. The number of fused-ring (bicyclic) bond motifs is 4. The number of nitrogens with zero attached hydrogens (tertiary/aromatic N) is 3. The Morgan fingerprint density at radius 3 is 3.00 bits per heavy atom. The number of rotatable bonds is 2. The standard InChI is InChI=1S/C22H22FN3/c1-25-9-7-22-20(14-25)19-10-15(11-23)2-5-21(19)26(22)13-17-4-3-16-12-24-8-6-18(16)17/h2,5-6,8,10,12-13H,3-4,7,9,11,14H2,1H3. The fourth-order valence-corrected chi connectivity index (χ4v) is 4.44. The summed E-state index contributed by atoms with van der Waals surface area (Å²) in [5.74, 6) is 0. The second kappa shape index (κ2) is 6.06. The molecule has 1 aliphatic heterocycles. The third-order valence-corrected chi connectivity index (χ3v) is 5.80. The quantitative estimate of drug-likeness (QED) is 0.683. The molecule has 0 atom stereocenters. The van der Waals surface area contributed by atoms with Crippen molar-refractivity contribution in [2.24, 2.45) is 0 Å². The van der Waals surface area contributed by atoms with Crippen molar-refractivity contribution >= 4 is 22.7 Å². The maximum atomic E-state index is 13.2. The Labute approximate surface area is 152 Å². The van der Waals surface area contributed by atoms with Crippen molar-refractivity contribution in [1.29, 1.82) is 0 Å². The van der Waals surface area contributed by atoms with Crippen LogP contribution in [-0.4, -0.2) is 28.0 Å². The SMILES string of the molecule is CN1CCc2c(c3cc(CF)ccc3n2C=C2CCc3cnccc32)C1. The first-order chi connectivity index (χ1) is 12.7. The number of aryl methyl sites for hydroxylation is 1. The number of likely N-dealkylation sites (N-methyl/N-ethyl adjacent to an activating group) is 1. The molecule has 26 heavy (non-hydrogen) atoms. The van der Waals surface area contributed by atoms with Crippen LogP contribution in [0.3, 0.4) is 0 Å². The molecular weight excluding hydrogens is 325 g/mol. The highest BCUT2D eigenvalue weighted by atomic mass is 19.1. The van der Waals surface area contributed by atoms with Crippen LogP contribution in [0.2, 0.25) is 0 Å². The van der Waals surface area contributed by atoms with Gasteiger partial charge in [0.15, 0.2) is 0 Å². The largest absolute Gasteiger partial charge is 0.320 e. The zero-order valence-corrected chi connectivity index (χ0v) is 15.0. The molecule has 0 bridgehead atoms. The van der Waals surface area contributed by atoms with E-state index in [2.05, 4.69) is 39.8 Å². The van der Waals surface area contributed by atoms with Crippen LogP contribution in [0.1, 0.15) is 34.4 Å². The highest BCUT2D eigenvalue weighted by Crippen LogP contribution is 2.36. The van der Waals surface area contributed by atoms with Gasteiger partial charge in [-0.2, -0.15) is 0 Å². The van der Waals surface area contributed by atoms with Crippen molar-refractivity contribution in [1.82, 2.24) is 14.5 Å². The summed E-state index contributed by atoms with van der Waals surface area (Å²) < 4.78 is 15.6. The van der Waals surface area contributed by atoms with Crippen molar-refractivity contribution in [3.05, 3.63) is 64.6 Å². The molecule has 2 aliphatic rings. The van der Waals surface area contributed by atoms with Gasteiger partial charge >= 0.3 is 0 Å². The molecule has 3 nitrogen and oxygen atoms in total. The summed E-state index contributed by atoms with van der Waals surface area (Å²) in [6, 6.07) is 8.16. The normalized spacial score (nSPS) is 18.5. The van der Waals surface area contributed by atoms with Gasteiger partial charge in [0.2, 0.25) is 0 Å². The van der Waals surface area contributed by atoms with Gasteiger partial charge in [0.1, 0.15) is 6.67 Å². The Morgan fingerprint density at radius 1 is 1.19 bits per heavy atom. The number of aromatic nitrogens is 2. The summed E-state index contributed by atoms with van der Waals surface area (Å²) in [4.78, 5) is 6.61. The number of pyridine rings is 1. The van der Waals surface area contributed by atoms with E-state index in [4.69, 9.17) is 0 Å². The molecule has 0 N–H and O–H groups in total. The summed E-state index contributed by atoms with van der Waals surface area (Å²) >= 11 is 0. The molecule has 0 radical (unpaired) electrons. The first-order valence-electron chi connectivity index (χ1n) is 9.27. The van der Waals surface area contributed by atoms with Gasteiger partial charge < -0.3 is 9.47 Å². The smallest absolute Gasteiger partial charge is 0.115 e. The number of halogens is 1. The minimum absolute atomic E-state index is 0.410. The number of hydrogen-bond acceptors (Lipinski definition) is 2. The van der Waals surface area contributed by atoms with E-state index in [0.29, 0.717) is 0 Å². The summed E-state index contributed by atoms with van der Waals surface area (Å²) in [5, 5.41) is 1.20. The van der Waals surface area contributed by atoms with Crippen molar-refractivity contribution in [2.45, 2.75) is 32.5 Å². The Hall–Kier alpha value is -2.46. The average molecular weight is 347 g/mol. The van der Waals surface area contributed by atoms with Gasteiger partial charge in [0.05, 0.1) is 5.52 Å². The molecule has 0 amide bonds. The van der Waals surface area contributed by atoms with Crippen molar-refractivity contribution < 1.29 is 4.39 Å². The number of benzene rings is 1. The van der Waals surface area contributed by atoms with Crippen molar-refractivity contribution in [3.63, 3.8) is 0 Å². The molecule has 0 unspecified atom stereocenters. The van der Waals surface area contributed by atoms with E-state index >= 15 is 0 Å². The fraction of sp³-hybridized carbons (Fsp3) is 0.318. The molecule has 0 saturated carbocycles. The summed E-state index contributed by atoms with van der Waals surface area (Å²) in [7, 11) is 2.16. The van der Waals surface area contributed by atoms with Crippen LogP contribution >= 0.6 is 0 Å². The van der Waals surface area contributed by atoms with Gasteiger partial charge in [-0.3, -0.25) is 4.98 Å². The second-order valence-electron chi connectivity index (χ2n) is 7.46. The molecule has 3 heterocycles. The van der Waals surface area contributed by atoms with E-state index in [0.717, 1.165) is 37.9 Å². The molecule has 2 aromatic heterocycles. The molecule has 0 saturated heterocycles. The molecule has 1 aromatic carbocycles. The van der Waals surface area contributed by atoms with Crippen LogP contribution in [0, 0.1) is 0 Å². The Kier molecular flexibility index (Phi) is 3.68. The third-order valence-electron chi connectivity index (χ3n) is 5.80. The third kappa shape index (κ3) is 2.40. The van der Waals surface area contributed by atoms with E-state index in [1.807, 2.05) is 24.5 Å². The molecule has 3 aromatic rings. The zero-order chi connectivity index (χ0) is 17.7. The number of alkyl halides is 1. The van der Waals surface area contributed by atoms with Gasteiger partial charge in [-0.15, -0.1) is 0 Å². The molecular formula is C22H22FN3. The lowest BCUT2D eigenvalue weighted by Crippen LogP contribution is -2.26. The Morgan fingerprint density at radius 2 is 2.12 bits per heavy atom. The monoisotopic (exact) mass is 347 g/mol. The molecule has 1 aliphatic carbocycles. The van der Waals surface area contributed by atoms with Crippen LogP contribution in [-0.2, 0) is 26.1 Å². The lowest BCUT2D eigenvalue weighted by molar-refractivity contribution is 0.312. The fourth-order valence-electron chi connectivity index (χ4n) is 4.44. The minimum Gasteiger partial charge on any atom is -0.320 e. The summed E-state index contributed by atoms with van der Waals surface area (Å²) in [5.41, 5.74) is 8.72. The molecule has 5 rings (SSSR count). The lowest BCUT2D eigenvalue weighted by atomic mass is 10.0. The topological polar surface area (TPSA) is 21.1 Å². The first-order valence-corrected chi connectivity index (χ1v) is 9.27. The van der Waals surface area contributed by atoms with E-state index < -0.39 is 6.67 Å². The highest BCUT2D eigenvalue weighted by molar-refractivity contribution is 5.91. The van der Waals surface area contributed by atoms with Crippen LogP contribution in [0.4, 0.5) is 4.39 Å². The highest BCUT2D eigenvalue weighted by Gasteiger charge is 2.23.